The molecule has 0 aliphatic carbocycles. The van der Waals surface area contributed by atoms with Crippen LogP contribution < -0.4 is 5.73 Å². The number of H-pyrrole nitrogens is 1. The molecule has 1 aliphatic heterocycles. The first-order valence-corrected chi connectivity index (χ1v) is 9.40. The number of hydrogen-bond acceptors (Lipinski definition) is 2. The fraction of sp³-hybridized carbons (Fsp3) is 0.261. The number of aryl methyl sites for hydroxylation is 2. The van der Waals surface area contributed by atoms with Gasteiger partial charge in [0.2, 0.25) is 5.91 Å². The Kier molecular flexibility index (Phi) is 4.58. The number of nitrogens with zero attached hydrogens (tertiary/aromatic N) is 1. The molecular weight excluding hydrogens is 334 g/mol. The second-order valence-corrected chi connectivity index (χ2v) is 7.34. The maximum atomic E-state index is 12.6. The van der Waals surface area contributed by atoms with E-state index in [0.717, 1.165) is 29.9 Å². The van der Waals surface area contributed by atoms with Gasteiger partial charge in [0.15, 0.2) is 0 Å². The lowest BCUT2D eigenvalue weighted by atomic mass is 9.87. The largest absolute Gasteiger partial charge is 0.368 e. The van der Waals surface area contributed by atoms with E-state index in [0.29, 0.717) is 0 Å². The smallest absolute Gasteiger partial charge is 0.239 e. The second kappa shape index (κ2) is 7.05. The fourth-order valence-corrected chi connectivity index (χ4v) is 4.40. The Hall–Kier alpha value is -2.85. The lowest BCUT2D eigenvalue weighted by Crippen LogP contribution is -2.44. The molecule has 0 radical (unpaired) electrons. The average Bonchev–Trinajstić information content (AvgIpc) is 3.00. The van der Waals surface area contributed by atoms with Gasteiger partial charge in [-0.1, -0.05) is 54.6 Å². The molecule has 0 bridgehead atoms. The third-order valence-corrected chi connectivity index (χ3v) is 5.52. The van der Waals surface area contributed by atoms with Crippen LogP contribution in [-0.4, -0.2) is 22.3 Å². The number of carbonyl (C=O) groups excluding carboxylic acids is 1. The van der Waals surface area contributed by atoms with Gasteiger partial charge in [0.1, 0.15) is 6.04 Å². The maximum Gasteiger partial charge on any atom is 0.239 e. The van der Waals surface area contributed by atoms with E-state index in [1.54, 1.807) is 0 Å². The quantitative estimate of drug-likeness (QED) is 0.744. The van der Waals surface area contributed by atoms with E-state index in [1.807, 2.05) is 36.4 Å². The highest BCUT2D eigenvalue weighted by molar-refractivity contribution is 5.82. The zero-order chi connectivity index (χ0) is 19.0. The molecule has 4 heteroatoms. The molecule has 4 rings (SSSR count). The van der Waals surface area contributed by atoms with Crippen molar-refractivity contribution in [2.75, 3.05) is 6.54 Å². The number of nitrogens with one attached hydrogen (secondary N) is 1. The van der Waals surface area contributed by atoms with E-state index in [-0.39, 0.29) is 11.9 Å². The Labute approximate surface area is 160 Å². The lowest BCUT2D eigenvalue weighted by Gasteiger charge is -2.41. The van der Waals surface area contributed by atoms with Gasteiger partial charge in [0.25, 0.3) is 0 Å². The van der Waals surface area contributed by atoms with Crippen molar-refractivity contribution in [3.63, 3.8) is 0 Å². The predicted molar refractivity (Wildman–Crippen MR) is 107 cm³/mol. The van der Waals surface area contributed by atoms with Crippen molar-refractivity contribution < 1.29 is 4.79 Å². The number of amides is 1. The molecule has 3 N–H and O–H groups in total. The van der Waals surface area contributed by atoms with E-state index in [9.17, 15) is 4.79 Å². The number of nitrogens with two attached hydrogens (primary N) is 1. The van der Waals surface area contributed by atoms with Gasteiger partial charge >= 0.3 is 0 Å². The van der Waals surface area contributed by atoms with Crippen LogP contribution in [0.5, 0.6) is 0 Å². The van der Waals surface area contributed by atoms with Gasteiger partial charge < -0.3 is 10.7 Å². The molecule has 3 aromatic rings. The van der Waals surface area contributed by atoms with Crippen LogP contribution in [0.3, 0.4) is 0 Å². The monoisotopic (exact) mass is 359 g/mol. The molecule has 0 fully saturated rings. The fourth-order valence-electron chi connectivity index (χ4n) is 4.40. The summed E-state index contributed by atoms with van der Waals surface area (Å²) < 4.78 is 0. The topological polar surface area (TPSA) is 62.1 Å². The summed E-state index contributed by atoms with van der Waals surface area (Å²) >= 11 is 0. The van der Waals surface area contributed by atoms with Crippen molar-refractivity contribution in [2.45, 2.75) is 32.4 Å². The first-order chi connectivity index (χ1) is 13.1. The standard InChI is InChI=1S/C23H25N3O/c1-15-14-20(16(2)25-15)21(18-9-4-3-5-10-18)26-13-12-17-8-6-7-11-19(17)22(26)23(24)27/h3-11,14,21-22,25H,12-13H2,1-2H3,(H2,24,27). The van der Waals surface area contributed by atoms with Gasteiger partial charge in [0, 0.05) is 17.9 Å². The Morgan fingerprint density at radius 3 is 2.48 bits per heavy atom. The highest BCUT2D eigenvalue weighted by Gasteiger charge is 2.37. The van der Waals surface area contributed by atoms with Crippen molar-refractivity contribution in [3.05, 3.63) is 94.3 Å². The van der Waals surface area contributed by atoms with Crippen LogP contribution in [0.25, 0.3) is 0 Å². The lowest BCUT2D eigenvalue weighted by molar-refractivity contribution is -0.124. The van der Waals surface area contributed by atoms with E-state index in [1.165, 1.54) is 16.7 Å². The van der Waals surface area contributed by atoms with Crippen LogP contribution in [0.1, 0.15) is 45.7 Å². The zero-order valence-electron chi connectivity index (χ0n) is 15.8. The number of primary amides is 1. The zero-order valence-corrected chi connectivity index (χ0v) is 15.8. The van der Waals surface area contributed by atoms with Crippen molar-refractivity contribution >= 4 is 5.91 Å². The molecule has 2 atom stereocenters. The Morgan fingerprint density at radius 1 is 1.11 bits per heavy atom. The van der Waals surface area contributed by atoms with Crippen molar-refractivity contribution in [3.8, 4) is 0 Å². The van der Waals surface area contributed by atoms with E-state index >= 15 is 0 Å². The SMILES string of the molecule is Cc1cc(C(c2ccccc2)N2CCc3ccccc3C2C(N)=O)c(C)[nH]1. The summed E-state index contributed by atoms with van der Waals surface area (Å²) in [7, 11) is 0. The summed E-state index contributed by atoms with van der Waals surface area (Å²) in [5, 5.41) is 0. The van der Waals surface area contributed by atoms with E-state index in [2.05, 4.69) is 48.0 Å². The Morgan fingerprint density at radius 2 is 1.81 bits per heavy atom. The maximum absolute atomic E-state index is 12.6. The summed E-state index contributed by atoms with van der Waals surface area (Å²) in [4.78, 5) is 18.2. The molecule has 1 aliphatic rings. The van der Waals surface area contributed by atoms with Crippen LogP contribution in [0, 0.1) is 13.8 Å². The average molecular weight is 359 g/mol. The number of fused-ring (bicyclic) bond motifs is 1. The molecule has 2 heterocycles. The third kappa shape index (κ3) is 3.17. The highest BCUT2D eigenvalue weighted by atomic mass is 16.1. The van der Waals surface area contributed by atoms with Crippen molar-refractivity contribution in [1.82, 2.24) is 9.88 Å². The van der Waals surface area contributed by atoms with Gasteiger partial charge in [-0.3, -0.25) is 9.69 Å². The van der Waals surface area contributed by atoms with Crippen LogP contribution >= 0.6 is 0 Å². The number of benzene rings is 2. The van der Waals surface area contributed by atoms with Gasteiger partial charge in [-0.05, 0) is 48.6 Å². The van der Waals surface area contributed by atoms with Crippen LogP contribution in [0.15, 0.2) is 60.7 Å². The van der Waals surface area contributed by atoms with E-state index < -0.39 is 6.04 Å². The molecule has 0 saturated carbocycles. The van der Waals surface area contributed by atoms with E-state index in [4.69, 9.17) is 5.73 Å². The Bertz CT molecular complexity index is 961. The minimum atomic E-state index is -0.435. The molecular formula is C23H25N3O. The first kappa shape index (κ1) is 17.6. The summed E-state index contributed by atoms with van der Waals surface area (Å²) in [5.41, 5.74) is 12.8. The molecule has 1 aromatic heterocycles. The highest BCUT2D eigenvalue weighted by Crippen LogP contribution is 2.40. The molecule has 1 amide bonds. The Balaban J connectivity index is 1.87. The summed E-state index contributed by atoms with van der Waals surface area (Å²) in [6.45, 7) is 4.94. The minimum absolute atomic E-state index is 0.0259. The number of rotatable bonds is 4. The van der Waals surface area contributed by atoms with Crippen molar-refractivity contribution in [2.24, 2.45) is 5.73 Å². The van der Waals surface area contributed by atoms with Gasteiger partial charge in [-0.25, -0.2) is 0 Å². The molecule has 2 aromatic carbocycles. The first-order valence-electron chi connectivity index (χ1n) is 9.40. The molecule has 0 spiro atoms. The van der Waals surface area contributed by atoms with Gasteiger partial charge in [-0.15, -0.1) is 0 Å². The summed E-state index contributed by atoms with van der Waals surface area (Å²) in [5.74, 6) is -0.298. The van der Waals surface area contributed by atoms with Crippen LogP contribution in [0.2, 0.25) is 0 Å². The third-order valence-electron chi connectivity index (χ3n) is 5.52. The van der Waals surface area contributed by atoms with Gasteiger partial charge in [0.05, 0.1) is 6.04 Å². The number of aromatic amines is 1. The molecule has 27 heavy (non-hydrogen) atoms. The van der Waals surface area contributed by atoms with Gasteiger partial charge in [-0.2, -0.15) is 0 Å². The normalized spacial score (nSPS) is 18.1. The summed E-state index contributed by atoms with van der Waals surface area (Å²) in [6.07, 6.45) is 0.908. The summed E-state index contributed by atoms with van der Waals surface area (Å²) in [6, 6.07) is 20.3. The number of hydrogen-bond donors (Lipinski definition) is 2. The number of carbonyl (C=O) groups is 1. The molecule has 4 nitrogen and oxygen atoms in total. The number of aromatic nitrogens is 1. The molecule has 0 saturated heterocycles. The van der Waals surface area contributed by atoms with Crippen LogP contribution in [-0.2, 0) is 11.2 Å². The minimum Gasteiger partial charge on any atom is -0.368 e. The second-order valence-electron chi connectivity index (χ2n) is 7.34. The molecule has 138 valence electrons. The van der Waals surface area contributed by atoms with Crippen molar-refractivity contribution in [1.29, 1.82) is 0 Å². The molecule has 2 unspecified atom stereocenters. The van der Waals surface area contributed by atoms with Crippen LogP contribution in [0.4, 0.5) is 0 Å². The predicted octanol–water partition coefficient (Wildman–Crippen LogP) is 3.81.